The van der Waals surface area contributed by atoms with E-state index in [9.17, 15) is 0 Å². The molecule has 0 aliphatic rings. The van der Waals surface area contributed by atoms with E-state index in [1.54, 1.807) is 11.3 Å². The molecular formula is C18H18N2S. The van der Waals surface area contributed by atoms with Gasteiger partial charge in [0, 0.05) is 5.69 Å². The molecule has 0 aliphatic carbocycles. The van der Waals surface area contributed by atoms with Crippen molar-refractivity contribution in [1.29, 1.82) is 0 Å². The summed E-state index contributed by atoms with van der Waals surface area (Å²) in [5.41, 5.74) is 7.10. The zero-order valence-electron chi connectivity index (χ0n) is 12.3. The lowest BCUT2D eigenvalue weighted by Gasteiger charge is -2.12. The van der Waals surface area contributed by atoms with Gasteiger partial charge in [0.15, 0.2) is 0 Å². The van der Waals surface area contributed by atoms with Crippen LogP contribution in [0.15, 0.2) is 53.7 Å². The zero-order chi connectivity index (χ0) is 14.8. The molecule has 3 rings (SSSR count). The van der Waals surface area contributed by atoms with Crippen LogP contribution in [-0.4, -0.2) is 9.78 Å². The topological polar surface area (TPSA) is 17.8 Å². The number of thiophene rings is 1. The lowest BCUT2D eigenvalue weighted by molar-refractivity contribution is 0.824. The Morgan fingerprint density at radius 2 is 2.05 bits per heavy atom. The van der Waals surface area contributed by atoms with Crippen molar-refractivity contribution in [3.8, 4) is 16.8 Å². The van der Waals surface area contributed by atoms with E-state index < -0.39 is 0 Å². The van der Waals surface area contributed by atoms with Gasteiger partial charge in [-0.15, -0.1) is 6.58 Å². The maximum absolute atomic E-state index is 4.60. The predicted molar refractivity (Wildman–Crippen MR) is 90.3 cm³/mol. The molecule has 1 aromatic carbocycles. The Labute approximate surface area is 129 Å². The molecule has 106 valence electrons. The Bertz CT molecular complexity index is 767. The van der Waals surface area contributed by atoms with Crippen LogP contribution < -0.4 is 0 Å². The number of hydrogen-bond acceptors (Lipinski definition) is 2. The highest BCUT2D eigenvalue weighted by atomic mass is 32.1. The van der Waals surface area contributed by atoms with Gasteiger partial charge in [0.05, 0.1) is 11.4 Å². The summed E-state index contributed by atoms with van der Waals surface area (Å²) in [6.07, 6.45) is 2.79. The van der Waals surface area contributed by atoms with Gasteiger partial charge in [0.25, 0.3) is 0 Å². The molecule has 0 spiro atoms. The number of nitrogens with zero attached hydrogens (tertiary/aromatic N) is 2. The summed E-state index contributed by atoms with van der Waals surface area (Å²) in [4.78, 5) is 0. The largest absolute Gasteiger partial charge is 0.238 e. The van der Waals surface area contributed by atoms with Gasteiger partial charge in [0.1, 0.15) is 0 Å². The van der Waals surface area contributed by atoms with Crippen molar-refractivity contribution in [2.24, 2.45) is 0 Å². The molecular weight excluding hydrogens is 276 g/mol. The third-order valence-electron chi connectivity index (χ3n) is 3.54. The first-order chi connectivity index (χ1) is 10.2. The molecule has 0 amide bonds. The Morgan fingerprint density at radius 3 is 2.67 bits per heavy atom. The summed E-state index contributed by atoms with van der Waals surface area (Å²) in [5.74, 6) is 0. The number of aromatic nitrogens is 2. The summed E-state index contributed by atoms with van der Waals surface area (Å²) in [5, 5.41) is 8.89. The summed E-state index contributed by atoms with van der Waals surface area (Å²) in [6.45, 7) is 8.00. The molecule has 2 nitrogen and oxygen atoms in total. The average Bonchev–Trinajstić information content (AvgIpc) is 3.09. The Balaban J connectivity index is 2.12. The van der Waals surface area contributed by atoms with Gasteiger partial charge in [-0.2, -0.15) is 16.4 Å². The summed E-state index contributed by atoms with van der Waals surface area (Å²) >= 11 is 1.72. The maximum atomic E-state index is 4.60. The Hall–Kier alpha value is -2.13. The molecule has 0 atom stereocenters. The van der Waals surface area contributed by atoms with Gasteiger partial charge in [-0.05, 0) is 72.0 Å². The first-order valence-corrected chi connectivity index (χ1v) is 7.93. The Morgan fingerprint density at radius 1 is 1.19 bits per heavy atom. The van der Waals surface area contributed by atoms with Crippen LogP contribution in [0.1, 0.15) is 17.0 Å². The molecule has 0 aliphatic heterocycles. The second-order valence-electron chi connectivity index (χ2n) is 5.19. The molecule has 0 fully saturated rings. The van der Waals surface area contributed by atoms with E-state index in [0.717, 1.165) is 23.5 Å². The lowest BCUT2D eigenvalue weighted by atomic mass is 10.0. The van der Waals surface area contributed by atoms with E-state index in [0.29, 0.717) is 0 Å². The molecule has 0 saturated heterocycles. The zero-order valence-corrected chi connectivity index (χ0v) is 13.2. The summed E-state index contributed by atoms with van der Waals surface area (Å²) in [6, 6.07) is 10.8. The van der Waals surface area contributed by atoms with Crippen LogP contribution >= 0.6 is 11.3 Å². The van der Waals surface area contributed by atoms with Crippen LogP contribution in [0.25, 0.3) is 16.8 Å². The number of aryl methyl sites for hydroxylation is 2. The molecule has 2 heterocycles. The van der Waals surface area contributed by atoms with E-state index in [4.69, 9.17) is 0 Å². The minimum Gasteiger partial charge on any atom is -0.238 e. The quantitative estimate of drug-likeness (QED) is 0.623. The van der Waals surface area contributed by atoms with Crippen LogP contribution in [0.5, 0.6) is 0 Å². The van der Waals surface area contributed by atoms with E-state index in [2.05, 4.69) is 59.7 Å². The van der Waals surface area contributed by atoms with E-state index in [-0.39, 0.29) is 0 Å². The first-order valence-electron chi connectivity index (χ1n) is 6.99. The predicted octanol–water partition coefficient (Wildman–Crippen LogP) is 4.95. The minimum absolute atomic E-state index is 0.839. The molecule has 0 unspecified atom stereocenters. The normalized spacial score (nSPS) is 10.8. The van der Waals surface area contributed by atoms with Gasteiger partial charge >= 0.3 is 0 Å². The lowest BCUT2D eigenvalue weighted by Crippen LogP contribution is -2.03. The standard InChI is InChI=1S/C18H18N2S/c1-4-5-16-11-15(17-8-9-21-12-17)6-7-18(16)20-14(3)10-13(2)19-20/h4,6-12H,1,5H2,2-3H3. The smallest absolute Gasteiger partial charge is 0.0684 e. The monoisotopic (exact) mass is 294 g/mol. The molecule has 0 N–H and O–H groups in total. The number of allylic oxidation sites excluding steroid dienone is 1. The SMILES string of the molecule is C=CCc1cc(-c2ccsc2)ccc1-n1nc(C)cc1C. The molecule has 3 aromatic rings. The molecule has 0 bridgehead atoms. The third kappa shape index (κ3) is 2.69. The van der Waals surface area contributed by atoms with Crippen molar-refractivity contribution < 1.29 is 0 Å². The average molecular weight is 294 g/mol. The molecule has 3 heteroatoms. The highest BCUT2D eigenvalue weighted by Gasteiger charge is 2.10. The van der Waals surface area contributed by atoms with Crippen molar-refractivity contribution >= 4 is 11.3 Å². The summed E-state index contributed by atoms with van der Waals surface area (Å²) in [7, 11) is 0. The number of benzene rings is 1. The van der Waals surface area contributed by atoms with Gasteiger partial charge in [-0.1, -0.05) is 12.1 Å². The molecule has 21 heavy (non-hydrogen) atoms. The first kappa shape index (κ1) is 13.8. The van der Waals surface area contributed by atoms with Crippen LogP contribution in [0.4, 0.5) is 0 Å². The van der Waals surface area contributed by atoms with Gasteiger partial charge in [-0.25, -0.2) is 4.68 Å². The maximum Gasteiger partial charge on any atom is 0.0684 e. The number of rotatable bonds is 4. The van der Waals surface area contributed by atoms with Gasteiger partial charge < -0.3 is 0 Å². The minimum atomic E-state index is 0.839. The third-order valence-corrected chi connectivity index (χ3v) is 4.22. The highest BCUT2D eigenvalue weighted by molar-refractivity contribution is 7.08. The van der Waals surface area contributed by atoms with Gasteiger partial charge in [-0.3, -0.25) is 0 Å². The van der Waals surface area contributed by atoms with Crippen molar-refractivity contribution in [3.63, 3.8) is 0 Å². The van der Waals surface area contributed by atoms with E-state index in [1.165, 1.54) is 16.7 Å². The van der Waals surface area contributed by atoms with Gasteiger partial charge in [0.2, 0.25) is 0 Å². The molecule has 0 radical (unpaired) electrons. The summed E-state index contributed by atoms with van der Waals surface area (Å²) < 4.78 is 2.02. The van der Waals surface area contributed by atoms with E-state index in [1.807, 2.05) is 17.7 Å². The van der Waals surface area contributed by atoms with Crippen molar-refractivity contribution in [2.75, 3.05) is 0 Å². The molecule has 0 saturated carbocycles. The fourth-order valence-corrected chi connectivity index (χ4v) is 3.26. The van der Waals surface area contributed by atoms with Crippen LogP contribution in [0, 0.1) is 13.8 Å². The van der Waals surface area contributed by atoms with E-state index >= 15 is 0 Å². The van der Waals surface area contributed by atoms with Crippen molar-refractivity contribution in [2.45, 2.75) is 20.3 Å². The second-order valence-corrected chi connectivity index (χ2v) is 5.97. The van der Waals surface area contributed by atoms with Crippen LogP contribution in [0.2, 0.25) is 0 Å². The van der Waals surface area contributed by atoms with Crippen LogP contribution in [0.3, 0.4) is 0 Å². The number of hydrogen-bond donors (Lipinski definition) is 0. The fourth-order valence-electron chi connectivity index (χ4n) is 2.59. The molecule has 2 aromatic heterocycles. The van der Waals surface area contributed by atoms with Crippen LogP contribution in [-0.2, 0) is 6.42 Å². The van der Waals surface area contributed by atoms with Crippen molar-refractivity contribution in [3.05, 3.63) is 70.7 Å². The fraction of sp³-hybridized carbons (Fsp3) is 0.167. The second kappa shape index (κ2) is 5.70. The highest BCUT2D eigenvalue weighted by Crippen LogP contribution is 2.27. The Kier molecular flexibility index (Phi) is 3.76. The van der Waals surface area contributed by atoms with Crippen molar-refractivity contribution in [1.82, 2.24) is 9.78 Å².